The lowest BCUT2D eigenvalue weighted by atomic mass is 10.2. The van der Waals surface area contributed by atoms with E-state index >= 15 is 0 Å². The number of methoxy groups -OCH3 is 1. The number of aromatic nitrogens is 1. The number of pyridine rings is 1. The van der Waals surface area contributed by atoms with E-state index in [1.54, 1.807) is 36.7 Å². The third-order valence-corrected chi connectivity index (χ3v) is 5.15. The molecule has 1 N–H and O–H groups in total. The van der Waals surface area contributed by atoms with Crippen LogP contribution in [-0.2, 0) is 16.1 Å². The van der Waals surface area contributed by atoms with Gasteiger partial charge in [-0.2, -0.15) is 0 Å². The van der Waals surface area contributed by atoms with Crippen LogP contribution in [0.5, 0.6) is 11.5 Å². The van der Waals surface area contributed by atoms with Gasteiger partial charge in [-0.3, -0.25) is 14.7 Å². The van der Waals surface area contributed by atoms with Crippen molar-refractivity contribution in [1.29, 1.82) is 0 Å². The number of amides is 1. The van der Waals surface area contributed by atoms with Crippen LogP contribution in [0.1, 0.15) is 11.1 Å². The van der Waals surface area contributed by atoms with Crippen LogP contribution in [0.3, 0.4) is 0 Å². The summed E-state index contributed by atoms with van der Waals surface area (Å²) in [6.45, 7) is -0.107. The number of hydrogen-bond acceptors (Lipinski definition) is 7. The maximum Gasteiger partial charge on any atom is 0.341 e. The number of ether oxygens (including phenoxy) is 2. The van der Waals surface area contributed by atoms with Crippen molar-refractivity contribution < 1.29 is 24.2 Å². The van der Waals surface area contributed by atoms with Crippen LogP contribution in [-0.4, -0.2) is 44.9 Å². The van der Waals surface area contributed by atoms with Gasteiger partial charge in [-0.05, 0) is 35.4 Å². The molecule has 1 fully saturated rings. The summed E-state index contributed by atoms with van der Waals surface area (Å²) < 4.78 is 10.9. The zero-order valence-corrected chi connectivity index (χ0v) is 16.5. The molecule has 0 unspecified atom stereocenters. The monoisotopic (exact) mass is 416 g/mol. The first-order valence-electron chi connectivity index (χ1n) is 8.15. The Balaban J connectivity index is 1.78. The van der Waals surface area contributed by atoms with Gasteiger partial charge >= 0.3 is 5.97 Å². The number of rotatable bonds is 7. The number of carboxylic acids is 1. The van der Waals surface area contributed by atoms with Crippen molar-refractivity contribution in [3.63, 3.8) is 0 Å². The highest BCUT2D eigenvalue weighted by Gasteiger charge is 2.32. The number of carbonyl (C=O) groups is 2. The molecule has 144 valence electrons. The Labute approximate surface area is 171 Å². The molecule has 3 rings (SSSR count). The van der Waals surface area contributed by atoms with Crippen LogP contribution >= 0.6 is 24.0 Å². The minimum absolute atomic E-state index is 0.177. The Bertz CT molecular complexity index is 947. The Hall–Kier alpha value is -2.91. The molecular weight excluding hydrogens is 400 g/mol. The van der Waals surface area contributed by atoms with Crippen molar-refractivity contribution >= 4 is 46.3 Å². The van der Waals surface area contributed by atoms with Crippen LogP contribution in [0, 0.1) is 0 Å². The smallest absolute Gasteiger partial charge is 0.341 e. The fourth-order valence-electron chi connectivity index (χ4n) is 2.49. The van der Waals surface area contributed by atoms with Gasteiger partial charge in [0.25, 0.3) is 5.91 Å². The summed E-state index contributed by atoms with van der Waals surface area (Å²) in [5.41, 5.74) is 1.60. The Morgan fingerprint density at radius 3 is 2.86 bits per heavy atom. The highest BCUT2D eigenvalue weighted by Crippen LogP contribution is 2.35. The molecule has 1 aromatic heterocycles. The van der Waals surface area contributed by atoms with Crippen LogP contribution in [0.25, 0.3) is 6.08 Å². The lowest BCUT2D eigenvalue weighted by Gasteiger charge is -2.13. The molecule has 9 heteroatoms. The Morgan fingerprint density at radius 2 is 2.18 bits per heavy atom. The van der Waals surface area contributed by atoms with Crippen LogP contribution in [0.2, 0.25) is 0 Å². The van der Waals surface area contributed by atoms with Crippen molar-refractivity contribution in [2.24, 2.45) is 0 Å². The average Bonchev–Trinajstić information content (AvgIpc) is 2.95. The normalized spacial score (nSPS) is 15.2. The van der Waals surface area contributed by atoms with Crippen molar-refractivity contribution in [3.8, 4) is 11.5 Å². The minimum atomic E-state index is -1.08. The number of thioether (sulfide) groups is 1. The number of carboxylic acid groups (broad SMARTS) is 1. The second kappa shape index (κ2) is 8.85. The summed E-state index contributed by atoms with van der Waals surface area (Å²) in [7, 11) is 1.46. The van der Waals surface area contributed by atoms with Crippen LogP contribution < -0.4 is 9.47 Å². The number of hydrogen-bond donors (Lipinski definition) is 1. The van der Waals surface area contributed by atoms with Crippen LogP contribution in [0.4, 0.5) is 0 Å². The summed E-state index contributed by atoms with van der Waals surface area (Å²) in [5.74, 6) is -0.570. The van der Waals surface area contributed by atoms with Gasteiger partial charge in [0, 0.05) is 12.4 Å². The number of carbonyl (C=O) groups excluding carboxylic acids is 1. The first-order chi connectivity index (χ1) is 13.5. The molecule has 1 aromatic carbocycles. The largest absolute Gasteiger partial charge is 0.493 e. The molecule has 0 aliphatic carbocycles. The molecular formula is C19H16N2O5S2. The summed E-state index contributed by atoms with van der Waals surface area (Å²) >= 11 is 6.57. The first-order valence-corrected chi connectivity index (χ1v) is 9.37. The topological polar surface area (TPSA) is 89.0 Å². The first kappa shape index (κ1) is 19.8. The number of nitrogens with zero attached hydrogens (tertiary/aromatic N) is 2. The van der Waals surface area contributed by atoms with E-state index in [1.807, 2.05) is 12.1 Å². The van der Waals surface area contributed by atoms with Crippen molar-refractivity contribution in [3.05, 3.63) is 58.8 Å². The zero-order valence-electron chi connectivity index (χ0n) is 14.8. The van der Waals surface area contributed by atoms with Gasteiger partial charge in [0.15, 0.2) is 18.1 Å². The highest BCUT2D eigenvalue weighted by atomic mass is 32.2. The lowest BCUT2D eigenvalue weighted by molar-refractivity contribution is -0.139. The van der Waals surface area contributed by atoms with E-state index in [0.29, 0.717) is 32.8 Å². The summed E-state index contributed by atoms with van der Waals surface area (Å²) in [6.07, 6.45) is 5.08. The number of thiocarbonyl (C=S) groups is 1. The molecule has 1 aliphatic heterocycles. The molecule has 28 heavy (non-hydrogen) atoms. The fourth-order valence-corrected chi connectivity index (χ4v) is 3.75. The Morgan fingerprint density at radius 1 is 1.36 bits per heavy atom. The van der Waals surface area contributed by atoms with Gasteiger partial charge in [-0.15, -0.1) is 0 Å². The van der Waals surface area contributed by atoms with E-state index in [1.165, 1.54) is 23.8 Å². The quantitative estimate of drug-likeness (QED) is 0.544. The van der Waals surface area contributed by atoms with E-state index in [9.17, 15) is 9.59 Å². The van der Waals surface area contributed by atoms with Gasteiger partial charge in [0.05, 0.1) is 18.6 Å². The average molecular weight is 416 g/mol. The predicted molar refractivity (Wildman–Crippen MR) is 109 cm³/mol. The molecule has 1 saturated heterocycles. The van der Waals surface area contributed by atoms with Crippen LogP contribution in [0.15, 0.2) is 47.6 Å². The second-order valence-corrected chi connectivity index (χ2v) is 7.40. The zero-order chi connectivity index (χ0) is 20.1. The van der Waals surface area contributed by atoms with E-state index in [0.717, 1.165) is 5.56 Å². The maximum absolute atomic E-state index is 12.7. The standard InChI is InChI=1S/C19H16N2O5S2/c1-25-15-7-12(4-5-14(15)26-11-17(22)23)8-16-18(24)21(19(27)28-16)10-13-3-2-6-20-9-13/h2-9H,10-11H2,1H3,(H,22,23)/b16-8+. The van der Waals surface area contributed by atoms with E-state index in [4.69, 9.17) is 26.8 Å². The van der Waals surface area contributed by atoms with E-state index in [2.05, 4.69) is 4.98 Å². The molecule has 0 spiro atoms. The SMILES string of the molecule is COc1cc(/C=C2/SC(=S)N(Cc3cccnc3)C2=O)ccc1OCC(=O)O. The van der Waals surface area contributed by atoms with Crippen molar-refractivity contribution in [2.45, 2.75) is 6.54 Å². The van der Waals surface area contributed by atoms with E-state index < -0.39 is 12.6 Å². The van der Waals surface area contributed by atoms with Gasteiger partial charge in [-0.1, -0.05) is 36.1 Å². The van der Waals surface area contributed by atoms with Gasteiger partial charge < -0.3 is 14.6 Å². The summed E-state index contributed by atoms with van der Waals surface area (Å²) in [5, 5.41) is 8.73. The minimum Gasteiger partial charge on any atom is -0.493 e. The predicted octanol–water partition coefficient (Wildman–Crippen LogP) is 2.96. The number of aliphatic carboxylic acids is 1. The molecule has 0 atom stereocenters. The van der Waals surface area contributed by atoms with Gasteiger partial charge in [0.1, 0.15) is 4.32 Å². The Kier molecular flexibility index (Phi) is 6.27. The third kappa shape index (κ3) is 4.68. The molecule has 2 heterocycles. The third-order valence-electron chi connectivity index (χ3n) is 3.77. The fraction of sp³-hybridized carbons (Fsp3) is 0.158. The molecule has 0 saturated carbocycles. The van der Waals surface area contributed by atoms with Crippen molar-refractivity contribution in [1.82, 2.24) is 9.88 Å². The molecule has 7 nitrogen and oxygen atoms in total. The number of benzene rings is 1. The van der Waals surface area contributed by atoms with E-state index in [-0.39, 0.29) is 5.91 Å². The molecule has 2 aromatic rings. The maximum atomic E-state index is 12.7. The molecule has 0 radical (unpaired) electrons. The summed E-state index contributed by atoms with van der Waals surface area (Å²) in [6, 6.07) is 8.68. The van der Waals surface area contributed by atoms with Gasteiger partial charge in [0.2, 0.25) is 0 Å². The summed E-state index contributed by atoms with van der Waals surface area (Å²) in [4.78, 5) is 29.5. The van der Waals surface area contributed by atoms with Crippen molar-refractivity contribution in [2.75, 3.05) is 13.7 Å². The molecule has 0 bridgehead atoms. The lowest BCUT2D eigenvalue weighted by Crippen LogP contribution is -2.27. The highest BCUT2D eigenvalue weighted by molar-refractivity contribution is 8.26. The molecule has 1 amide bonds. The second-order valence-electron chi connectivity index (χ2n) is 5.72. The molecule has 1 aliphatic rings. The van der Waals surface area contributed by atoms with Gasteiger partial charge in [-0.25, -0.2) is 4.79 Å².